The van der Waals surface area contributed by atoms with Crippen molar-refractivity contribution in [3.05, 3.63) is 85.6 Å². The molecule has 2 aromatic carbocycles. The van der Waals surface area contributed by atoms with Gasteiger partial charge in [-0.25, -0.2) is 13.8 Å². The summed E-state index contributed by atoms with van der Waals surface area (Å²) in [5.41, 5.74) is -0.507. The Hall–Kier alpha value is -4.25. The number of rotatable bonds is 6. The first-order valence-corrected chi connectivity index (χ1v) is 11.6. The number of para-hydroxylation sites is 2. The van der Waals surface area contributed by atoms with Crippen LogP contribution in [0.2, 0.25) is 0 Å². The molecule has 0 aliphatic rings. The Bertz CT molecular complexity index is 1600. The summed E-state index contributed by atoms with van der Waals surface area (Å²) in [4.78, 5) is 54.7. The van der Waals surface area contributed by atoms with Gasteiger partial charge in [0.25, 0.3) is 11.5 Å². The maximum atomic E-state index is 13.6. The van der Waals surface area contributed by atoms with E-state index in [4.69, 9.17) is 4.74 Å². The van der Waals surface area contributed by atoms with Gasteiger partial charge in [0.1, 0.15) is 22.9 Å². The van der Waals surface area contributed by atoms with Crippen LogP contribution in [0.1, 0.15) is 15.2 Å². The first-order chi connectivity index (χ1) is 17.1. The van der Waals surface area contributed by atoms with Gasteiger partial charge in [0.05, 0.1) is 28.7 Å². The number of amides is 2. The van der Waals surface area contributed by atoms with Crippen LogP contribution in [0, 0.1) is 12.7 Å². The Morgan fingerprint density at radius 1 is 1.08 bits per heavy atom. The highest BCUT2D eigenvalue weighted by Crippen LogP contribution is 2.29. The van der Waals surface area contributed by atoms with Gasteiger partial charge in [0.15, 0.2) is 0 Å². The van der Waals surface area contributed by atoms with Gasteiger partial charge in [-0.05, 0) is 48.9 Å². The molecule has 0 fully saturated rings. The van der Waals surface area contributed by atoms with Gasteiger partial charge in [0, 0.05) is 14.1 Å². The number of hydrogen-bond donors (Lipinski definition) is 1. The predicted molar refractivity (Wildman–Crippen MR) is 136 cm³/mol. The summed E-state index contributed by atoms with van der Waals surface area (Å²) in [6.45, 7) is 1.18. The monoisotopic (exact) mass is 510 g/mol. The minimum absolute atomic E-state index is 0.137. The molecule has 0 atom stereocenters. The van der Waals surface area contributed by atoms with Crippen molar-refractivity contribution in [2.45, 2.75) is 13.5 Å². The number of methoxy groups -OCH3 is 1. The molecule has 0 unspecified atom stereocenters. The van der Waals surface area contributed by atoms with Crippen LogP contribution in [0.3, 0.4) is 0 Å². The quantitative estimate of drug-likeness (QED) is 0.430. The zero-order chi connectivity index (χ0) is 26.1. The van der Waals surface area contributed by atoms with Gasteiger partial charge in [-0.1, -0.05) is 12.1 Å². The smallest absolute Gasteiger partial charge is 0.337 e. The van der Waals surface area contributed by atoms with Crippen molar-refractivity contribution in [2.24, 2.45) is 0 Å². The first-order valence-electron chi connectivity index (χ1n) is 10.8. The summed E-state index contributed by atoms with van der Waals surface area (Å²) < 4.78 is 20.8. The van der Waals surface area contributed by atoms with Gasteiger partial charge < -0.3 is 15.0 Å². The fraction of sp³-hybridized carbons (Fsp3) is 0.200. The molecule has 0 saturated heterocycles. The molecular weight excluding hydrogens is 487 g/mol. The molecule has 0 spiro atoms. The van der Waals surface area contributed by atoms with E-state index in [0.29, 0.717) is 17.0 Å². The van der Waals surface area contributed by atoms with Crippen LogP contribution in [-0.2, 0) is 11.3 Å². The number of carbonyl (C=O) groups excluding carboxylic acids is 2. The number of nitrogens with zero attached hydrogens (tertiary/aromatic N) is 3. The summed E-state index contributed by atoms with van der Waals surface area (Å²) >= 11 is 0.971. The van der Waals surface area contributed by atoms with Crippen LogP contribution in [-0.4, -0.2) is 47.1 Å². The van der Waals surface area contributed by atoms with Crippen molar-refractivity contribution in [1.82, 2.24) is 14.0 Å². The van der Waals surface area contributed by atoms with Crippen molar-refractivity contribution in [3.63, 3.8) is 0 Å². The molecule has 2 aromatic heterocycles. The number of aromatic nitrogens is 2. The largest absolute Gasteiger partial charge is 0.495 e. The molecule has 2 heterocycles. The highest BCUT2D eigenvalue weighted by molar-refractivity contribution is 7.20. The Balaban J connectivity index is 1.92. The Labute approximate surface area is 209 Å². The molecule has 4 rings (SSSR count). The van der Waals surface area contributed by atoms with Crippen LogP contribution in [0.5, 0.6) is 5.75 Å². The lowest BCUT2D eigenvalue weighted by Crippen LogP contribution is -2.40. The SMILES string of the molecule is COc1ccccc1NC(=O)Cn1c(=O)n(-c2ccc(F)cc2)c(=O)c2c(C)c(C(=O)N(C)C)sc21. The summed E-state index contributed by atoms with van der Waals surface area (Å²) in [6, 6.07) is 11.7. The summed E-state index contributed by atoms with van der Waals surface area (Å²) in [6.07, 6.45) is 0. The highest BCUT2D eigenvalue weighted by atomic mass is 32.1. The molecule has 0 aliphatic heterocycles. The number of fused-ring (bicyclic) bond motifs is 1. The lowest BCUT2D eigenvalue weighted by Gasteiger charge is -2.13. The highest BCUT2D eigenvalue weighted by Gasteiger charge is 2.25. The molecule has 1 N–H and O–H groups in total. The van der Waals surface area contributed by atoms with Crippen molar-refractivity contribution >= 4 is 39.1 Å². The Kier molecular flexibility index (Phi) is 6.75. The molecule has 0 radical (unpaired) electrons. The van der Waals surface area contributed by atoms with Crippen LogP contribution in [0.4, 0.5) is 10.1 Å². The van der Waals surface area contributed by atoms with Crippen LogP contribution in [0.25, 0.3) is 15.9 Å². The molecule has 0 saturated carbocycles. The predicted octanol–water partition coefficient (Wildman–Crippen LogP) is 3.01. The second-order valence-corrected chi connectivity index (χ2v) is 9.17. The van der Waals surface area contributed by atoms with Crippen molar-refractivity contribution in [3.8, 4) is 11.4 Å². The molecule has 36 heavy (non-hydrogen) atoms. The fourth-order valence-corrected chi connectivity index (χ4v) is 5.11. The van der Waals surface area contributed by atoms with E-state index in [9.17, 15) is 23.6 Å². The van der Waals surface area contributed by atoms with E-state index < -0.39 is 29.5 Å². The first kappa shape index (κ1) is 24.9. The number of nitrogens with one attached hydrogen (secondary N) is 1. The van der Waals surface area contributed by atoms with E-state index in [1.54, 1.807) is 45.3 Å². The standard InChI is InChI=1S/C25H23FN4O5S/c1-14-20-22(32)30(16-11-9-15(26)10-12-16)25(34)29(24(20)36-21(14)23(33)28(2)3)13-19(31)27-17-7-5-6-8-18(17)35-4/h5-12H,13H2,1-4H3,(H,27,31). The number of anilines is 1. The number of thiophene rings is 1. The second-order valence-electron chi connectivity index (χ2n) is 8.17. The normalized spacial score (nSPS) is 10.9. The Morgan fingerprint density at radius 3 is 2.39 bits per heavy atom. The summed E-state index contributed by atoms with van der Waals surface area (Å²) in [5, 5.41) is 2.85. The molecule has 0 bridgehead atoms. The number of hydrogen-bond acceptors (Lipinski definition) is 6. The van der Waals surface area contributed by atoms with E-state index in [1.807, 2.05) is 0 Å². The number of carbonyl (C=O) groups is 2. The fourth-order valence-electron chi connectivity index (χ4n) is 3.79. The third kappa shape index (κ3) is 4.40. The average Bonchev–Trinajstić information content (AvgIpc) is 3.19. The number of halogens is 1. The molecular formula is C25H23FN4O5S. The van der Waals surface area contributed by atoms with E-state index in [2.05, 4.69) is 5.32 Å². The van der Waals surface area contributed by atoms with Gasteiger partial charge in [-0.15, -0.1) is 11.3 Å². The minimum Gasteiger partial charge on any atom is -0.495 e. The van der Waals surface area contributed by atoms with Crippen LogP contribution < -0.4 is 21.3 Å². The van der Waals surface area contributed by atoms with Crippen LogP contribution in [0.15, 0.2) is 58.1 Å². The lowest BCUT2D eigenvalue weighted by molar-refractivity contribution is -0.116. The summed E-state index contributed by atoms with van der Waals surface area (Å²) in [7, 11) is 4.63. The maximum Gasteiger partial charge on any atom is 0.337 e. The van der Waals surface area contributed by atoms with E-state index in [0.717, 1.165) is 32.6 Å². The molecule has 2 amide bonds. The average molecular weight is 511 g/mol. The third-order valence-electron chi connectivity index (χ3n) is 5.58. The summed E-state index contributed by atoms with van der Waals surface area (Å²) in [5.74, 6) is -0.974. The van der Waals surface area contributed by atoms with Crippen LogP contribution >= 0.6 is 11.3 Å². The van der Waals surface area contributed by atoms with Gasteiger partial charge in [0.2, 0.25) is 5.91 Å². The topological polar surface area (TPSA) is 103 Å². The molecule has 11 heteroatoms. The molecule has 186 valence electrons. The maximum absolute atomic E-state index is 13.6. The van der Waals surface area contributed by atoms with E-state index >= 15 is 0 Å². The number of benzene rings is 2. The van der Waals surface area contributed by atoms with Gasteiger partial charge in [-0.3, -0.25) is 19.0 Å². The number of ether oxygens (including phenoxy) is 1. The van der Waals surface area contributed by atoms with E-state index in [1.165, 1.54) is 24.1 Å². The van der Waals surface area contributed by atoms with Crippen molar-refractivity contribution in [2.75, 3.05) is 26.5 Å². The van der Waals surface area contributed by atoms with Crippen molar-refractivity contribution in [1.29, 1.82) is 0 Å². The Morgan fingerprint density at radius 2 is 1.75 bits per heavy atom. The van der Waals surface area contributed by atoms with Crippen molar-refractivity contribution < 1.29 is 18.7 Å². The number of aryl methyl sites for hydroxylation is 1. The molecule has 4 aromatic rings. The van der Waals surface area contributed by atoms with Gasteiger partial charge >= 0.3 is 5.69 Å². The second kappa shape index (κ2) is 9.78. The third-order valence-corrected chi connectivity index (χ3v) is 6.88. The zero-order valence-corrected chi connectivity index (χ0v) is 20.8. The lowest BCUT2D eigenvalue weighted by atomic mass is 10.2. The van der Waals surface area contributed by atoms with Gasteiger partial charge in [-0.2, -0.15) is 0 Å². The zero-order valence-electron chi connectivity index (χ0n) is 20.0. The minimum atomic E-state index is -0.792. The molecule has 0 aliphatic carbocycles. The van der Waals surface area contributed by atoms with E-state index in [-0.39, 0.29) is 26.7 Å². The molecule has 9 nitrogen and oxygen atoms in total.